The highest BCUT2D eigenvalue weighted by molar-refractivity contribution is 14.1. The largest absolute Gasteiger partial charge is 0.398 e. The first-order valence-electron chi connectivity index (χ1n) is 3.56. The van der Waals surface area contributed by atoms with Gasteiger partial charge in [0.2, 0.25) is 0 Å². The fraction of sp³-hybridized carbons (Fsp3) is 0.111. The summed E-state index contributed by atoms with van der Waals surface area (Å²) in [6.07, 6.45) is 0. The minimum atomic E-state index is -0.116. The van der Waals surface area contributed by atoms with Crippen molar-refractivity contribution in [2.24, 2.45) is 0 Å². The Morgan fingerprint density at radius 2 is 2.23 bits per heavy atom. The fourth-order valence-electron chi connectivity index (χ4n) is 0.974. The number of anilines is 1. The van der Waals surface area contributed by atoms with Crippen LogP contribution in [0.25, 0.3) is 0 Å². The van der Waals surface area contributed by atoms with Gasteiger partial charge in [-0.3, -0.25) is 4.79 Å². The van der Waals surface area contributed by atoms with Gasteiger partial charge < -0.3 is 5.73 Å². The Bertz CT molecular complexity index is 407. The number of nitriles is 1. The normalized spacial score (nSPS) is 9.31. The van der Waals surface area contributed by atoms with E-state index in [1.165, 1.54) is 13.0 Å². The number of nitrogens with two attached hydrogens (primary N) is 1. The lowest BCUT2D eigenvalue weighted by molar-refractivity contribution is 0.101. The van der Waals surface area contributed by atoms with Crippen molar-refractivity contribution in [3.63, 3.8) is 0 Å². The lowest BCUT2D eigenvalue weighted by atomic mass is 10.0. The van der Waals surface area contributed by atoms with E-state index >= 15 is 0 Å². The van der Waals surface area contributed by atoms with Crippen LogP contribution >= 0.6 is 22.6 Å². The summed E-state index contributed by atoms with van der Waals surface area (Å²) in [5.74, 6) is -0.116. The molecule has 0 fully saturated rings. The third-order valence-corrected chi connectivity index (χ3v) is 2.57. The van der Waals surface area contributed by atoms with Crippen LogP contribution in [0.1, 0.15) is 22.8 Å². The van der Waals surface area contributed by atoms with E-state index in [2.05, 4.69) is 0 Å². The Kier molecular flexibility index (Phi) is 2.88. The van der Waals surface area contributed by atoms with Crippen molar-refractivity contribution in [3.05, 3.63) is 26.8 Å². The highest BCUT2D eigenvalue weighted by atomic mass is 127. The van der Waals surface area contributed by atoms with E-state index in [-0.39, 0.29) is 5.78 Å². The molecular formula is C9H7IN2O. The average Bonchev–Trinajstić information content (AvgIpc) is 2.08. The van der Waals surface area contributed by atoms with Crippen LogP contribution in [0, 0.1) is 14.9 Å². The first-order valence-corrected chi connectivity index (χ1v) is 4.64. The number of Topliss-reactive ketones (excluding diaryl/α,β-unsaturated/α-hetero) is 1. The van der Waals surface area contributed by atoms with Crippen molar-refractivity contribution in [1.29, 1.82) is 5.26 Å². The number of benzene rings is 1. The summed E-state index contributed by atoms with van der Waals surface area (Å²) >= 11 is 2.03. The molecule has 0 spiro atoms. The molecule has 0 aromatic heterocycles. The molecule has 3 nitrogen and oxygen atoms in total. The summed E-state index contributed by atoms with van der Waals surface area (Å²) in [4.78, 5) is 11.1. The number of carbonyl (C=O) groups is 1. The Morgan fingerprint density at radius 1 is 1.62 bits per heavy atom. The summed E-state index contributed by atoms with van der Waals surface area (Å²) in [7, 11) is 0. The van der Waals surface area contributed by atoms with Gasteiger partial charge in [-0.15, -0.1) is 0 Å². The molecule has 0 heterocycles. The molecule has 1 aromatic rings. The van der Waals surface area contributed by atoms with Gasteiger partial charge in [-0.2, -0.15) is 5.26 Å². The second-order valence-corrected chi connectivity index (χ2v) is 3.75. The minimum absolute atomic E-state index is 0.116. The van der Waals surface area contributed by atoms with Gasteiger partial charge in [0.15, 0.2) is 5.78 Å². The van der Waals surface area contributed by atoms with Crippen molar-refractivity contribution >= 4 is 34.1 Å². The van der Waals surface area contributed by atoms with Gasteiger partial charge in [0.05, 0.1) is 11.6 Å². The molecular weight excluding hydrogens is 279 g/mol. The molecule has 1 rings (SSSR count). The predicted molar refractivity (Wildman–Crippen MR) is 58.3 cm³/mol. The van der Waals surface area contributed by atoms with Crippen molar-refractivity contribution < 1.29 is 4.79 Å². The fourth-order valence-corrected chi connectivity index (χ4v) is 1.44. The zero-order chi connectivity index (χ0) is 10.0. The standard InChI is InChI=1S/C9H7IN2O/c1-5(13)7-3-8(10)9(12)2-6(7)4-11/h2-3H,12H2,1H3. The zero-order valence-corrected chi connectivity index (χ0v) is 9.12. The summed E-state index contributed by atoms with van der Waals surface area (Å²) in [5, 5.41) is 8.72. The van der Waals surface area contributed by atoms with Gasteiger partial charge in [-0.05, 0) is 41.6 Å². The maximum atomic E-state index is 11.1. The molecule has 0 aliphatic heterocycles. The Balaban J connectivity index is 3.44. The van der Waals surface area contributed by atoms with E-state index < -0.39 is 0 Å². The van der Waals surface area contributed by atoms with Crippen LogP contribution in [0.2, 0.25) is 0 Å². The summed E-state index contributed by atoms with van der Waals surface area (Å²) in [6.45, 7) is 1.43. The van der Waals surface area contributed by atoms with Crippen molar-refractivity contribution in [1.82, 2.24) is 0 Å². The van der Waals surface area contributed by atoms with Crippen LogP contribution in [0.4, 0.5) is 5.69 Å². The number of hydrogen-bond donors (Lipinski definition) is 1. The molecule has 0 saturated carbocycles. The summed E-state index contributed by atoms with van der Waals surface area (Å²) in [6, 6.07) is 5.10. The lowest BCUT2D eigenvalue weighted by Gasteiger charge is -2.03. The monoisotopic (exact) mass is 286 g/mol. The van der Waals surface area contributed by atoms with Crippen LogP contribution in [-0.2, 0) is 0 Å². The molecule has 0 bridgehead atoms. The summed E-state index contributed by atoms with van der Waals surface area (Å²) in [5.41, 5.74) is 6.90. The molecule has 4 heteroatoms. The molecule has 13 heavy (non-hydrogen) atoms. The molecule has 0 aliphatic carbocycles. The van der Waals surface area contributed by atoms with E-state index in [0.29, 0.717) is 16.8 Å². The first-order chi connectivity index (χ1) is 6.06. The number of rotatable bonds is 1. The quantitative estimate of drug-likeness (QED) is 0.487. The molecule has 0 atom stereocenters. The van der Waals surface area contributed by atoms with Crippen LogP contribution in [0.3, 0.4) is 0 Å². The molecule has 0 aliphatic rings. The van der Waals surface area contributed by atoms with Gasteiger partial charge in [0.25, 0.3) is 0 Å². The number of nitrogen functional groups attached to an aromatic ring is 1. The van der Waals surface area contributed by atoms with Crippen LogP contribution in [-0.4, -0.2) is 5.78 Å². The minimum Gasteiger partial charge on any atom is -0.398 e. The maximum Gasteiger partial charge on any atom is 0.161 e. The molecule has 0 radical (unpaired) electrons. The van der Waals surface area contributed by atoms with Crippen molar-refractivity contribution in [2.45, 2.75) is 6.92 Å². The second kappa shape index (κ2) is 3.75. The van der Waals surface area contributed by atoms with E-state index in [9.17, 15) is 4.79 Å². The highest BCUT2D eigenvalue weighted by Gasteiger charge is 2.09. The molecule has 66 valence electrons. The molecule has 0 unspecified atom stereocenters. The van der Waals surface area contributed by atoms with Crippen molar-refractivity contribution in [3.8, 4) is 6.07 Å². The molecule has 0 amide bonds. The van der Waals surface area contributed by atoms with Crippen LogP contribution in [0.15, 0.2) is 12.1 Å². The average molecular weight is 286 g/mol. The van der Waals surface area contributed by atoms with E-state index in [1.54, 1.807) is 6.07 Å². The van der Waals surface area contributed by atoms with Crippen molar-refractivity contribution in [2.75, 3.05) is 5.73 Å². The van der Waals surface area contributed by atoms with Crippen LogP contribution < -0.4 is 5.73 Å². The number of ketones is 1. The number of halogens is 1. The summed E-state index contributed by atoms with van der Waals surface area (Å²) < 4.78 is 0.793. The van der Waals surface area contributed by atoms with Gasteiger partial charge in [0, 0.05) is 14.8 Å². The van der Waals surface area contributed by atoms with E-state index in [0.717, 1.165) is 3.57 Å². The molecule has 0 saturated heterocycles. The third kappa shape index (κ3) is 1.98. The van der Waals surface area contributed by atoms with Gasteiger partial charge >= 0.3 is 0 Å². The lowest BCUT2D eigenvalue weighted by Crippen LogP contribution is -2.00. The van der Waals surface area contributed by atoms with E-state index in [4.69, 9.17) is 11.0 Å². The zero-order valence-electron chi connectivity index (χ0n) is 6.97. The number of hydrogen-bond acceptors (Lipinski definition) is 3. The van der Waals surface area contributed by atoms with E-state index in [1.807, 2.05) is 28.7 Å². The van der Waals surface area contributed by atoms with Gasteiger partial charge in [0.1, 0.15) is 0 Å². The maximum absolute atomic E-state index is 11.1. The molecule has 2 N–H and O–H groups in total. The second-order valence-electron chi connectivity index (χ2n) is 2.59. The van der Waals surface area contributed by atoms with Gasteiger partial charge in [-0.1, -0.05) is 0 Å². The SMILES string of the molecule is CC(=O)c1cc(I)c(N)cc1C#N. The third-order valence-electron chi connectivity index (χ3n) is 1.64. The molecule has 1 aromatic carbocycles. The number of carbonyl (C=O) groups excluding carboxylic acids is 1. The highest BCUT2D eigenvalue weighted by Crippen LogP contribution is 2.20. The Hall–Kier alpha value is -1.09. The smallest absolute Gasteiger partial charge is 0.161 e. The van der Waals surface area contributed by atoms with Gasteiger partial charge in [-0.25, -0.2) is 0 Å². The predicted octanol–water partition coefficient (Wildman–Crippen LogP) is 1.95. The first kappa shape index (κ1) is 9.99. The Morgan fingerprint density at radius 3 is 2.69 bits per heavy atom. The number of nitrogens with zero attached hydrogens (tertiary/aromatic N) is 1. The van der Waals surface area contributed by atoms with Crippen LogP contribution in [0.5, 0.6) is 0 Å². The topological polar surface area (TPSA) is 66.9 Å². The Labute approximate surface area is 89.7 Å².